The van der Waals surface area contributed by atoms with Crippen molar-refractivity contribution in [2.24, 2.45) is 5.92 Å². The second-order valence-corrected chi connectivity index (χ2v) is 6.35. The van der Waals surface area contributed by atoms with Crippen molar-refractivity contribution >= 4 is 22.6 Å². The lowest BCUT2D eigenvalue weighted by molar-refractivity contribution is -0.125. The van der Waals surface area contributed by atoms with E-state index in [4.69, 9.17) is 0 Å². The van der Waals surface area contributed by atoms with E-state index in [1.54, 1.807) is 24.3 Å². The first kappa shape index (κ1) is 17.1. The van der Waals surface area contributed by atoms with E-state index >= 15 is 0 Å². The summed E-state index contributed by atoms with van der Waals surface area (Å²) in [6, 6.07) is 6.87. The van der Waals surface area contributed by atoms with Crippen LogP contribution in [0.15, 0.2) is 29.1 Å². The topological polar surface area (TPSA) is 93.1 Å². The molecule has 0 spiro atoms. The number of nitrogens with zero attached hydrogens (tertiary/aromatic N) is 2. The van der Waals surface area contributed by atoms with Crippen molar-refractivity contribution in [3.8, 4) is 0 Å². The number of hydrogen-bond donors (Lipinski definition) is 2. The second kappa shape index (κ2) is 7.46. The molecule has 1 saturated carbocycles. The van der Waals surface area contributed by atoms with Crippen molar-refractivity contribution in [3.63, 3.8) is 0 Å². The fourth-order valence-corrected chi connectivity index (χ4v) is 3.23. The maximum Gasteiger partial charge on any atom is 0.290 e. The van der Waals surface area contributed by atoms with Crippen molar-refractivity contribution in [1.29, 1.82) is 0 Å². The summed E-state index contributed by atoms with van der Waals surface area (Å²) in [4.78, 5) is 37.0. The molecule has 2 aromatic rings. The third kappa shape index (κ3) is 3.55. The Hall–Kier alpha value is -2.70. The lowest BCUT2D eigenvalue weighted by Gasteiger charge is -2.13. The number of fused-ring (bicyclic) bond motifs is 1. The van der Waals surface area contributed by atoms with Crippen LogP contribution in [-0.4, -0.2) is 21.6 Å². The molecular weight excluding hydrogens is 320 g/mol. The van der Waals surface area contributed by atoms with Crippen molar-refractivity contribution in [2.45, 2.75) is 45.6 Å². The van der Waals surface area contributed by atoms with Gasteiger partial charge in [0, 0.05) is 17.8 Å². The molecule has 0 radical (unpaired) electrons. The monoisotopic (exact) mass is 342 g/mol. The second-order valence-electron chi connectivity index (χ2n) is 6.35. The van der Waals surface area contributed by atoms with Crippen LogP contribution >= 0.6 is 0 Å². The molecule has 1 fully saturated rings. The molecule has 7 nitrogen and oxygen atoms in total. The van der Waals surface area contributed by atoms with Gasteiger partial charge in [-0.05, 0) is 25.3 Å². The minimum atomic E-state index is -0.521. The summed E-state index contributed by atoms with van der Waals surface area (Å²) < 4.78 is 1.30. The molecule has 1 aliphatic rings. The number of rotatable bonds is 4. The predicted octanol–water partition coefficient (Wildman–Crippen LogP) is 1.76. The number of nitrogens with one attached hydrogen (secondary N) is 2. The zero-order valence-corrected chi connectivity index (χ0v) is 14.2. The summed E-state index contributed by atoms with van der Waals surface area (Å²) in [5.74, 6) is -0.733. The molecule has 0 unspecified atom stereocenters. The van der Waals surface area contributed by atoms with Crippen LogP contribution in [-0.2, 0) is 11.3 Å². The van der Waals surface area contributed by atoms with Gasteiger partial charge in [-0.15, -0.1) is 0 Å². The minimum absolute atomic E-state index is 0.0425. The Morgan fingerprint density at radius 3 is 2.52 bits per heavy atom. The molecule has 25 heavy (non-hydrogen) atoms. The largest absolute Gasteiger partial charge is 0.290 e. The van der Waals surface area contributed by atoms with Crippen LogP contribution in [0.2, 0.25) is 0 Å². The average Bonchev–Trinajstić information content (AvgIpc) is 3.17. The van der Waals surface area contributed by atoms with E-state index in [9.17, 15) is 14.4 Å². The number of carbonyl (C=O) groups is 2. The van der Waals surface area contributed by atoms with Gasteiger partial charge in [-0.2, -0.15) is 5.10 Å². The van der Waals surface area contributed by atoms with Crippen LogP contribution in [0.25, 0.3) is 10.8 Å². The van der Waals surface area contributed by atoms with Gasteiger partial charge in [-0.1, -0.05) is 38.0 Å². The van der Waals surface area contributed by atoms with E-state index in [0.29, 0.717) is 17.3 Å². The summed E-state index contributed by atoms with van der Waals surface area (Å²) in [7, 11) is 0. The molecule has 0 saturated heterocycles. The molecule has 132 valence electrons. The Morgan fingerprint density at radius 2 is 1.84 bits per heavy atom. The molecule has 1 aromatic heterocycles. The minimum Gasteiger partial charge on any atom is -0.273 e. The number of aromatic nitrogens is 2. The van der Waals surface area contributed by atoms with Gasteiger partial charge in [0.25, 0.3) is 11.5 Å². The van der Waals surface area contributed by atoms with E-state index in [0.717, 1.165) is 32.1 Å². The highest BCUT2D eigenvalue weighted by Crippen LogP contribution is 2.24. The maximum absolute atomic E-state index is 12.5. The number of hydrazine groups is 1. The van der Waals surface area contributed by atoms with Crippen LogP contribution in [0.1, 0.15) is 49.5 Å². The van der Waals surface area contributed by atoms with Crippen molar-refractivity contribution in [2.75, 3.05) is 0 Å². The van der Waals surface area contributed by atoms with Gasteiger partial charge in [-0.3, -0.25) is 25.2 Å². The van der Waals surface area contributed by atoms with Gasteiger partial charge in [0.2, 0.25) is 5.91 Å². The van der Waals surface area contributed by atoms with Gasteiger partial charge < -0.3 is 0 Å². The predicted molar refractivity (Wildman–Crippen MR) is 93.9 cm³/mol. The molecule has 2 N–H and O–H groups in total. The smallest absolute Gasteiger partial charge is 0.273 e. The first-order valence-electron chi connectivity index (χ1n) is 8.72. The highest BCUT2D eigenvalue weighted by atomic mass is 16.2. The number of hydrogen-bond acceptors (Lipinski definition) is 4. The molecular formula is C18H22N4O3. The van der Waals surface area contributed by atoms with E-state index in [1.165, 1.54) is 4.68 Å². The zero-order chi connectivity index (χ0) is 17.8. The van der Waals surface area contributed by atoms with E-state index in [2.05, 4.69) is 16.0 Å². The summed E-state index contributed by atoms with van der Waals surface area (Å²) in [6.07, 6.45) is 4.51. The molecule has 1 aromatic carbocycles. The van der Waals surface area contributed by atoms with Gasteiger partial charge in [0.1, 0.15) is 0 Å². The third-order valence-electron chi connectivity index (χ3n) is 4.54. The van der Waals surface area contributed by atoms with Crippen molar-refractivity contribution < 1.29 is 9.59 Å². The molecule has 0 bridgehead atoms. The summed E-state index contributed by atoms with van der Waals surface area (Å²) in [6.45, 7) is 2.36. The Morgan fingerprint density at radius 1 is 1.16 bits per heavy atom. The first-order valence-corrected chi connectivity index (χ1v) is 8.72. The zero-order valence-electron chi connectivity index (χ0n) is 14.2. The lowest BCUT2D eigenvalue weighted by Crippen LogP contribution is -2.45. The summed E-state index contributed by atoms with van der Waals surface area (Å²) >= 11 is 0. The average molecular weight is 342 g/mol. The van der Waals surface area contributed by atoms with E-state index < -0.39 is 5.91 Å². The number of benzene rings is 1. The van der Waals surface area contributed by atoms with Crippen LogP contribution in [0.5, 0.6) is 0 Å². The molecule has 3 rings (SSSR count). The maximum atomic E-state index is 12.5. The number of amides is 2. The van der Waals surface area contributed by atoms with Crippen LogP contribution in [0.4, 0.5) is 0 Å². The van der Waals surface area contributed by atoms with Crippen molar-refractivity contribution in [1.82, 2.24) is 20.6 Å². The highest BCUT2D eigenvalue weighted by molar-refractivity contribution is 6.05. The molecule has 0 atom stereocenters. The normalized spacial score (nSPS) is 14.6. The highest BCUT2D eigenvalue weighted by Gasteiger charge is 2.23. The van der Waals surface area contributed by atoms with E-state index in [1.807, 2.05) is 6.92 Å². The Kier molecular flexibility index (Phi) is 5.11. The van der Waals surface area contributed by atoms with Gasteiger partial charge >= 0.3 is 0 Å². The Bertz CT molecular complexity index is 853. The van der Waals surface area contributed by atoms with Crippen LogP contribution in [0, 0.1) is 5.92 Å². The quantitative estimate of drug-likeness (QED) is 0.828. The first-order chi connectivity index (χ1) is 12.1. The molecule has 0 aliphatic heterocycles. The molecule has 1 heterocycles. The SMILES string of the molecule is CCCn1nc(C(=O)NNC(=O)C2CCCC2)c2ccccc2c1=O. The summed E-state index contributed by atoms with van der Waals surface area (Å²) in [5.41, 5.74) is 4.84. The Labute approximate surface area is 145 Å². The Balaban J connectivity index is 1.86. The molecule has 7 heteroatoms. The van der Waals surface area contributed by atoms with Crippen LogP contribution in [0.3, 0.4) is 0 Å². The lowest BCUT2D eigenvalue weighted by atomic mass is 10.1. The van der Waals surface area contributed by atoms with Gasteiger partial charge in [0.05, 0.1) is 5.39 Å². The standard InChI is InChI=1S/C18H22N4O3/c1-2-11-22-18(25)14-10-6-5-9-13(14)15(21-22)17(24)20-19-16(23)12-7-3-4-8-12/h5-6,9-10,12H,2-4,7-8,11H2,1H3,(H,19,23)(H,20,24). The van der Waals surface area contributed by atoms with Gasteiger partial charge in [-0.25, -0.2) is 4.68 Å². The molecule has 2 amide bonds. The number of aryl methyl sites for hydroxylation is 1. The fourth-order valence-electron chi connectivity index (χ4n) is 3.23. The fraction of sp³-hybridized carbons (Fsp3) is 0.444. The summed E-state index contributed by atoms with van der Waals surface area (Å²) in [5, 5.41) is 5.13. The third-order valence-corrected chi connectivity index (χ3v) is 4.54. The van der Waals surface area contributed by atoms with Crippen LogP contribution < -0.4 is 16.4 Å². The van der Waals surface area contributed by atoms with Crippen molar-refractivity contribution in [3.05, 3.63) is 40.3 Å². The number of carbonyl (C=O) groups excluding carboxylic acids is 2. The molecule has 1 aliphatic carbocycles. The van der Waals surface area contributed by atoms with E-state index in [-0.39, 0.29) is 23.1 Å². The van der Waals surface area contributed by atoms with Gasteiger partial charge in [0.15, 0.2) is 5.69 Å².